The zero-order chi connectivity index (χ0) is 22.2. The first kappa shape index (κ1) is 19.6. The van der Waals surface area contributed by atoms with Gasteiger partial charge in [-0.25, -0.2) is 0 Å². The smallest absolute Gasteiger partial charge is 0.229 e. The van der Waals surface area contributed by atoms with Crippen molar-refractivity contribution in [2.24, 2.45) is 0 Å². The molecule has 1 saturated heterocycles. The molecule has 2 aliphatic rings. The van der Waals surface area contributed by atoms with Crippen molar-refractivity contribution < 1.29 is 4.52 Å². The summed E-state index contributed by atoms with van der Waals surface area (Å²) in [6.45, 7) is 0.826. The largest absolute Gasteiger partial charge is 0.373 e. The van der Waals surface area contributed by atoms with E-state index in [1.807, 2.05) is 19.2 Å². The van der Waals surface area contributed by atoms with Gasteiger partial charge in [-0.1, -0.05) is 5.16 Å². The van der Waals surface area contributed by atoms with E-state index in [0.29, 0.717) is 29.1 Å². The maximum absolute atomic E-state index is 5.71. The highest BCUT2D eigenvalue weighted by atomic mass is 16.5. The molecule has 4 aromatic rings. The summed E-state index contributed by atoms with van der Waals surface area (Å²) >= 11 is 0. The van der Waals surface area contributed by atoms with E-state index >= 15 is 0 Å². The van der Waals surface area contributed by atoms with E-state index < -0.39 is 0 Å². The molecule has 0 amide bonds. The van der Waals surface area contributed by atoms with E-state index in [1.54, 1.807) is 18.6 Å². The summed E-state index contributed by atoms with van der Waals surface area (Å²) in [6.07, 6.45) is 9.33. The molecule has 0 spiro atoms. The van der Waals surface area contributed by atoms with Crippen LogP contribution >= 0.6 is 0 Å². The molecule has 1 atom stereocenters. The lowest BCUT2D eigenvalue weighted by atomic mass is 10.1. The molecule has 1 aliphatic heterocycles. The van der Waals surface area contributed by atoms with Gasteiger partial charge in [0, 0.05) is 55.8 Å². The predicted molar refractivity (Wildman–Crippen MR) is 122 cm³/mol. The molecule has 6 rings (SSSR count). The maximum atomic E-state index is 5.71. The minimum absolute atomic E-state index is 0.00488. The van der Waals surface area contributed by atoms with Crippen molar-refractivity contribution in [3.63, 3.8) is 0 Å². The highest BCUT2D eigenvalue weighted by Gasteiger charge is 2.32. The molecule has 33 heavy (non-hydrogen) atoms. The Bertz CT molecular complexity index is 1250. The molecule has 0 unspecified atom stereocenters. The van der Waals surface area contributed by atoms with Crippen LogP contribution in [0.3, 0.4) is 0 Å². The van der Waals surface area contributed by atoms with Crippen molar-refractivity contribution in [1.29, 1.82) is 0 Å². The van der Waals surface area contributed by atoms with Gasteiger partial charge >= 0.3 is 0 Å². The summed E-state index contributed by atoms with van der Waals surface area (Å²) in [5, 5.41) is 18.2. The van der Waals surface area contributed by atoms with Crippen molar-refractivity contribution in [2.45, 2.75) is 37.6 Å². The van der Waals surface area contributed by atoms with E-state index in [4.69, 9.17) is 14.5 Å². The number of anilines is 4. The van der Waals surface area contributed by atoms with Crippen LogP contribution in [0.5, 0.6) is 0 Å². The lowest BCUT2D eigenvalue weighted by Crippen LogP contribution is -2.25. The Hall–Kier alpha value is -4.02. The number of H-pyrrole nitrogens is 1. The fourth-order valence-corrected chi connectivity index (χ4v) is 4.19. The van der Waals surface area contributed by atoms with E-state index in [-0.39, 0.29) is 6.04 Å². The summed E-state index contributed by atoms with van der Waals surface area (Å²) in [5.41, 5.74) is 2.52. The Morgan fingerprint density at radius 2 is 1.94 bits per heavy atom. The second-order valence-electron chi connectivity index (χ2n) is 8.35. The first-order valence-electron chi connectivity index (χ1n) is 11.2. The summed E-state index contributed by atoms with van der Waals surface area (Å²) in [7, 11) is 1.85. The van der Waals surface area contributed by atoms with E-state index in [1.165, 1.54) is 18.5 Å². The topological polar surface area (TPSA) is 134 Å². The SMILES string of the molecule is CNc1cc(Nc2cc(C3CC3)[nH]n2)nc(N2CCC[C@H]2c2cc(-c3cnccn3)no2)n1. The molecule has 1 saturated carbocycles. The van der Waals surface area contributed by atoms with Gasteiger partial charge in [-0.15, -0.1) is 0 Å². The molecule has 0 radical (unpaired) electrons. The van der Waals surface area contributed by atoms with E-state index in [0.717, 1.165) is 36.8 Å². The van der Waals surface area contributed by atoms with Crippen LogP contribution in [0.4, 0.5) is 23.4 Å². The van der Waals surface area contributed by atoms with Gasteiger partial charge in [-0.2, -0.15) is 15.1 Å². The van der Waals surface area contributed by atoms with Gasteiger partial charge in [-0.3, -0.25) is 15.1 Å². The highest BCUT2D eigenvalue weighted by molar-refractivity contribution is 5.60. The molecule has 0 bridgehead atoms. The Morgan fingerprint density at radius 1 is 1.03 bits per heavy atom. The molecular weight excluding hydrogens is 420 g/mol. The minimum Gasteiger partial charge on any atom is -0.373 e. The van der Waals surface area contributed by atoms with Gasteiger partial charge < -0.3 is 20.1 Å². The van der Waals surface area contributed by atoms with Crippen LogP contribution in [0.25, 0.3) is 11.4 Å². The average Bonchev–Trinajstić information content (AvgIpc) is 3.23. The molecule has 3 N–H and O–H groups in total. The second kappa shape index (κ2) is 8.15. The summed E-state index contributed by atoms with van der Waals surface area (Å²) in [5.74, 6) is 4.17. The van der Waals surface area contributed by atoms with Crippen molar-refractivity contribution in [3.05, 3.63) is 48.2 Å². The second-order valence-corrected chi connectivity index (χ2v) is 8.35. The molecule has 1 aliphatic carbocycles. The summed E-state index contributed by atoms with van der Waals surface area (Å²) < 4.78 is 5.71. The first-order valence-corrected chi connectivity index (χ1v) is 11.2. The van der Waals surface area contributed by atoms with Crippen LogP contribution < -0.4 is 15.5 Å². The molecule has 11 heteroatoms. The van der Waals surface area contributed by atoms with Crippen molar-refractivity contribution in [3.8, 4) is 11.4 Å². The van der Waals surface area contributed by atoms with Crippen molar-refractivity contribution >= 4 is 23.4 Å². The fraction of sp³-hybridized carbons (Fsp3) is 0.364. The number of aromatic amines is 1. The third-order valence-corrected chi connectivity index (χ3v) is 6.03. The summed E-state index contributed by atoms with van der Waals surface area (Å²) in [6, 6.07) is 5.85. The van der Waals surface area contributed by atoms with Gasteiger partial charge in [0.1, 0.15) is 23.0 Å². The monoisotopic (exact) mass is 444 g/mol. The molecule has 168 valence electrons. The van der Waals surface area contributed by atoms with Crippen molar-refractivity contribution in [1.82, 2.24) is 35.3 Å². The van der Waals surface area contributed by atoms with Gasteiger partial charge in [0.25, 0.3) is 0 Å². The van der Waals surface area contributed by atoms with Crippen LogP contribution in [-0.2, 0) is 0 Å². The van der Waals surface area contributed by atoms with E-state index in [2.05, 4.69) is 46.9 Å². The normalized spacial score (nSPS) is 18.0. The van der Waals surface area contributed by atoms with Crippen LogP contribution in [-0.4, -0.2) is 48.9 Å². The molecule has 5 heterocycles. The molecular formula is C22H24N10O. The zero-order valence-electron chi connectivity index (χ0n) is 18.2. The third kappa shape index (κ3) is 3.97. The quantitative estimate of drug-likeness (QED) is 0.388. The van der Waals surface area contributed by atoms with Crippen LogP contribution in [0.15, 0.2) is 41.3 Å². The number of rotatable bonds is 7. The number of hydrogen-bond acceptors (Lipinski definition) is 10. The first-order chi connectivity index (χ1) is 16.3. The summed E-state index contributed by atoms with van der Waals surface area (Å²) in [4.78, 5) is 20.1. The van der Waals surface area contributed by atoms with Gasteiger partial charge in [-0.05, 0) is 25.7 Å². The Balaban J connectivity index is 1.27. The Morgan fingerprint density at radius 3 is 2.76 bits per heavy atom. The molecule has 4 aromatic heterocycles. The lowest BCUT2D eigenvalue weighted by molar-refractivity contribution is 0.362. The zero-order valence-corrected chi connectivity index (χ0v) is 18.2. The number of nitrogens with zero attached hydrogens (tertiary/aromatic N) is 7. The molecule has 11 nitrogen and oxygen atoms in total. The Kier molecular flexibility index (Phi) is 4.85. The van der Waals surface area contributed by atoms with Gasteiger partial charge in [0.05, 0.1) is 12.2 Å². The van der Waals surface area contributed by atoms with Crippen molar-refractivity contribution in [2.75, 3.05) is 29.1 Å². The number of hydrogen-bond donors (Lipinski definition) is 3. The van der Waals surface area contributed by atoms with Gasteiger partial charge in [0.2, 0.25) is 5.95 Å². The molecule has 0 aromatic carbocycles. The average molecular weight is 445 g/mol. The molecule has 2 fully saturated rings. The van der Waals surface area contributed by atoms with Crippen LogP contribution in [0.2, 0.25) is 0 Å². The van der Waals surface area contributed by atoms with Crippen LogP contribution in [0, 0.1) is 0 Å². The third-order valence-electron chi connectivity index (χ3n) is 6.03. The van der Waals surface area contributed by atoms with E-state index in [9.17, 15) is 0 Å². The Labute approximate surface area is 190 Å². The predicted octanol–water partition coefficient (Wildman–Crippen LogP) is 3.65. The lowest BCUT2D eigenvalue weighted by Gasteiger charge is -2.23. The fourth-order valence-electron chi connectivity index (χ4n) is 4.19. The standard InChI is InChI=1S/C22H24N10O/c1-23-19-11-20(26-21-10-14(29-30-21)13-4-5-13)28-22(27-19)32-8-2-3-17(32)18-9-15(31-33-18)16-12-24-6-7-25-16/h6-7,9-13,17H,2-5,8H2,1H3,(H3,23,26,27,28,29,30)/t17-/m0/s1. The highest BCUT2D eigenvalue weighted by Crippen LogP contribution is 2.40. The number of nitrogens with one attached hydrogen (secondary N) is 3. The van der Waals surface area contributed by atoms with Gasteiger partial charge in [0.15, 0.2) is 11.6 Å². The minimum atomic E-state index is -0.00488. The van der Waals surface area contributed by atoms with Crippen LogP contribution in [0.1, 0.15) is 49.1 Å². The number of aromatic nitrogens is 7. The maximum Gasteiger partial charge on any atom is 0.229 e.